The van der Waals surface area contributed by atoms with Crippen LogP contribution >= 0.6 is 0 Å². The lowest BCUT2D eigenvalue weighted by Gasteiger charge is -2.21. The standard InChI is InChI=1S/C14H20N2O/c1-4-9-16(10-5-2)12-7-8-13(15-11-12)14(17)6-3/h4-5,7-8,11,14,17H,1-2,6,9-10H2,3H3. The molecule has 3 heteroatoms. The summed E-state index contributed by atoms with van der Waals surface area (Å²) in [6.07, 6.45) is 5.67. The summed E-state index contributed by atoms with van der Waals surface area (Å²) in [7, 11) is 0. The van der Waals surface area contributed by atoms with Gasteiger partial charge in [-0.1, -0.05) is 19.1 Å². The molecule has 92 valence electrons. The van der Waals surface area contributed by atoms with Crippen LogP contribution in [0.4, 0.5) is 5.69 Å². The molecular formula is C14H20N2O. The largest absolute Gasteiger partial charge is 0.387 e. The summed E-state index contributed by atoms with van der Waals surface area (Å²) in [6.45, 7) is 10.9. The molecule has 0 saturated carbocycles. The van der Waals surface area contributed by atoms with E-state index >= 15 is 0 Å². The molecule has 0 fully saturated rings. The lowest BCUT2D eigenvalue weighted by atomic mass is 10.2. The molecule has 0 aliphatic rings. The minimum absolute atomic E-state index is 0.476. The first-order valence-corrected chi connectivity index (χ1v) is 5.83. The number of aromatic nitrogens is 1. The van der Waals surface area contributed by atoms with Crippen LogP contribution in [-0.4, -0.2) is 23.2 Å². The molecule has 1 unspecified atom stereocenters. The van der Waals surface area contributed by atoms with Crippen molar-refractivity contribution >= 4 is 5.69 Å². The topological polar surface area (TPSA) is 36.4 Å². The summed E-state index contributed by atoms with van der Waals surface area (Å²) in [5.74, 6) is 0. The molecule has 0 bridgehead atoms. The van der Waals surface area contributed by atoms with Crippen LogP contribution < -0.4 is 4.90 Å². The van der Waals surface area contributed by atoms with Gasteiger partial charge in [0.15, 0.2) is 0 Å². The third-order valence-electron chi connectivity index (χ3n) is 2.56. The van der Waals surface area contributed by atoms with Gasteiger partial charge in [-0.05, 0) is 18.6 Å². The number of rotatable bonds is 7. The Balaban J connectivity index is 2.83. The van der Waals surface area contributed by atoms with Crippen molar-refractivity contribution in [3.05, 3.63) is 49.3 Å². The summed E-state index contributed by atoms with van der Waals surface area (Å²) < 4.78 is 0. The molecule has 1 heterocycles. The van der Waals surface area contributed by atoms with Gasteiger partial charge in [-0.15, -0.1) is 13.2 Å². The average molecular weight is 232 g/mol. The van der Waals surface area contributed by atoms with E-state index in [1.807, 2.05) is 31.2 Å². The molecule has 1 N–H and O–H groups in total. The van der Waals surface area contributed by atoms with Gasteiger partial charge >= 0.3 is 0 Å². The zero-order valence-electron chi connectivity index (χ0n) is 10.3. The zero-order chi connectivity index (χ0) is 12.7. The molecule has 17 heavy (non-hydrogen) atoms. The second-order valence-corrected chi connectivity index (χ2v) is 3.85. The predicted molar refractivity (Wildman–Crippen MR) is 72.1 cm³/mol. The fraction of sp³-hybridized carbons (Fsp3) is 0.357. The maximum atomic E-state index is 9.66. The quantitative estimate of drug-likeness (QED) is 0.734. The van der Waals surface area contributed by atoms with Crippen LogP contribution in [0.1, 0.15) is 25.1 Å². The van der Waals surface area contributed by atoms with Crippen molar-refractivity contribution in [1.29, 1.82) is 0 Å². The SMILES string of the molecule is C=CCN(CC=C)c1ccc(C(O)CC)nc1. The predicted octanol–water partition coefficient (Wildman–Crippen LogP) is 2.70. The Bertz CT molecular complexity index is 349. The Kier molecular flexibility index (Phi) is 5.43. The zero-order valence-corrected chi connectivity index (χ0v) is 10.3. The molecule has 1 atom stereocenters. The Hall–Kier alpha value is -1.61. The van der Waals surface area contributed by atoms with Crippen molar-refractivity contribution in [2.75, 3.05) is 18.0 Å². The van der Waals surface area contributed by atoms with Gasteiger partial charge in [-0.2, -0.15) is 0 Å². The monoisotopic (exact) mass is 232 g/mol. The van der Waals surface area contributed by atoms with Gasteiger partial charge in [0, 0.05) is 13.1 Å². The third-order valence-corrected chi connectivity index (χ3v) is 2.56. The summed E-state index contributed by atoms with van der Waals surface area (Å²) in [4.78, 5) is 6.38. The van der Waals surface area contributed by atoms with Crippen molar-refractivity contribution in [1.82, 2.24) is 4.98 Å². The normalized spacial score (nSPS) is 11.9. The smallest absolute Gasteiger partial charge is 0.0957 e. The highest BCUT2D eigenvalue weighted by atomic mass is 16.3. The molecular weight excluding hydrogens is 212 g/mol. The summed E-state index contributed by atoms with van der Waals surface area (Å²) in [5.41, 5.74) is 1.73. The van der Waals surface area contributed by atoms with Crippen LogP contribution in [0.25, 0.3) is 0 Å². The molecule has 0 spiro atoms. The molecule has 1 rings (SSSR count). The van der Waals surface area contributed by atoms with Gasteiger partial charge in [0.25, 0.3) is 0 Å². The van der Waals surface area contributed by atoms with E-state index in [1.165, 1.54) is 0 Å². The number of anilines is 1. The van der Waals surface area contributed by atoms with Crippen LogP contribution in [0, 0.1) is 0 Å². The van der Waals surface area contributed by atoms with Crippen molar-refractivity contribution in [3.8, 4) is 0 Å². The van der Waals surface area contributed by atoms with E-state index in [4.69, 9.17) is 0 Å². The van der Waals surface area contributed by atoms with Gasteiger partial charge in [0.05, 0.1) is 23.7 Å². The van der Waals surface area contributed by atoms with Crippen LogP contribution in [-0.2, 0) is 0 Å². The molecule has 1 aromatic rings. The van der Waals surface area contributed by atoms with E-state index in [2.05, 4.69) is 23.0 Å². The number of aliphatic hydroxyl groups excluding tert-OH is 1. The van der Waals surface area contributed by atoms with Crippen LogP contribution in [0.15, 0.2) is 43.6 Å². The number of hydrogen-bond acceptors (Lipinski definition) is 3. The second-order valence-electron chi connectivity index (χ2n) is 3.85. The van der Waals surface area contributed by atoms with Crippen LogP contribution in [0.5, 0.6) is 0 Å². The van der Waals surface area contributed by atoms with Crippen LogP contribution in [0.2, 0.25) is 0 Å². The number of hydrogen-bond donors (Lipinski definition) is 1. The fourth-order valence-electron chi connectivity index (χ4n) is 1.59. The Morgan fingerprint density at radius 1 is 1.35 bits per heavy atom. The van der Waals surface area contributed by atoms with Gasteiger partial charge in [-0.3, -0.25) is 4.98 Å². The van der Waals surface area contributed by atoms with E-state index in [0.717, 1.165) is 18.8 Å². The maximum Gasteiger partial charge on any atom is 0.0957 e. The first-order chi connectivity index (χ1) is 8.22. The molecule has 0 saturated heterocycles. The Morgan fingerprint density at radius 2 is 2.00 bits per heavy atom. The van der Waals surface area contributed by atoms with E-state index in [9.17, 15) is 5.11 Å². The lowest BCUT2D eigenvalue weighted by molar-refractivity contribution is 0.169. The average Bonchev–Trinajstić information content (AvgIpc) is 2.38. The van der Waals surface area contributed by atoms with Gasteiger partial charge in [0.1, 0.15) is 0 Å². The van der Waals surface area contributed by atoms with E-state index < -0.39 is 6.10 Å². The van der Waals surface area contributed by atoms with Gasteiger partial charge in [0.2, 0.25) is 0 Å². The molecule has 3 nitrogen and oxygen atoms in total. The first kappa shape index (κ1) is 13.5. The summed E-state index contributed by atoms with van der Waals surface area (Å²) >= 11 is 0. The van der Waals surface area contributed by atoms with Gasteiger partial charge in [-0.25, -0.2) is 0 Å². The lowest BCUT2D eigenvalue weighted by Crippen LogP contribution is -2.23. The number of pyridine rings is 1. The Labute approximate surface area is 103 Å². The first-order valence-electron chi connectivity index (χ1n) is 5.83. The molecule has 0 aliphatic carbocycles. The van der Waals surface area contributed by atoms with E-state index in [-0.39, 0.29) is 0 Å². The number of aliphatic hydroxyl groups is 1. The third kappa shape index (κ3) is 3.71. The molecule has 0 radical (unpaired) electrons. The highest BCUT2D eigenvalue weighted by Gasteiger charge is 2.08. The van der Waals surface area contributed by atoms with Gasteiger partial charge < -0.3 is 10.0 Å². The van der Waals surface area contributed by atoms with Crippen molar-refractivity contribution < 1.29 is 5.11 Å². The van der Waals surface area contributed by atoms with Crippen molar-refractivity contribution in [3.63, 3.8) is 0 Å². The number of nitrogens with zero attached hydrogens (tertiary/aromatic N) is 2. The van der Waals surface area contributed by atoms with E-state index in [0.29, 0.717) is 12.1 Å². The van der Waals surface area contributed by atoms with Crippen molar-refractivity contribution in [2.45, 2.75) is 19.4 Å². The Morgan fingerprint density at radius 3 is 2.41 bits per heavy atom. The minimum Gasteiger partial charge on any atom is -0.387 e. The summed E-state index contributed by atoms with van der Waals surface area (Å²) in [5, 5.41) is 9.66. The second kappa shape index (κ2) is 6.86. The molecule has 1 aromatic heterocycles. The highest BCUT2D eigenvalue weighted by Crippen LogP contribution is 2.18. The molecule has 0 aliphatic heterocycles. The van der Waals surface area contributed by atoms with Crippen molar-refractivity contribution in [2.24, 2.45) is 0 Å². The van der Waals surface area contributed by atoms with Crippen LogP contribution in [0.3, 0.4) is 0 Å². The minimum atomic E-state index is -0.476. The van der Waals surface area contributed by atoms with E-state index in [1.54, 1.807) is 6.20 Å². The fourth-order valence-corrected chi connectivity index (χ4v) is 1.59. The maximum absolute atomic E-state index is 9.66. The summed E-state index contributed by atoms with van der Waals surface area (Å²) in [6, 6.07) is 3.83. The molecule has 0 aromatic carbocycles. The highest BCUT2D eigenvalue weighted by molar-refractivity contribution is 5.46. The molecule has 0 amide bonds.